The fraction of sp³-hybridized carbons (Fsp3) is 0.529. The number of ketones is 1. The second-order valence-electron chi connectivity index (χ2n) is 6.11. The maximum atomic E-state index is 12.3. The molecule has 1 aliphatic rings. The number of nitrogen functional groups attached to an aromatic ring is 1. The van der Waals surface area contributed by atoms with Gasteiger partial charge in [-0.05, 0) is 25.2 Å². The number of hydrogen-bond donors (Lipinski definition) is 1. The second kappa shape index (κ2) is 7.96. The molecule has 1 atom stereocenters. The number of anilines is 1. The summed E-state index contributed by atoms with van der Waals surface area (Å²) in [4.78, 5) is 48.5. The van der Waals surface area contributed by atoms with Crippen molar-refractivity contribution in [2.45, 2.75) is 39.2 Å². The smallest absolute Gasteiger partial charge is 0.332 e. The highest BCUT2D eigenvalue weighted by atomic mass is 16.5. The molecule has 8 heteroatoms. The van der Waals surface area contributed by atoms with E-state index in [4.69, 9.17) is 10.5 Å². The van der Waals surface area contributed by atoms with E-state index in [1.165, 1.54) is 11.6 Å². The van der Waals surface area contributed by atoms with Gasteiger partial charge in [0.2, 0.25) is 5.78 Å². The third kappa shape index (κ3) is 4.07. The first-order valence-electron chi connectivity index (χ1n) is 8.31. The highest BCUT2D eigenvalue weighted by molar-refractivity contribution is 6.01. The molecule has 136 valence electrons. The first-order valence-corrected chi connectivity index (χ1v) is 8.31. The van der Waals surface area contributed by atoms with E-state index < -0.39 is 29.6 Å². The molecule has 1 heterocycles. The standard InChI is InChI=1S/C17H23N3O5/c1-3-8-20-15(18)14(16(23)19(2)17(20)24)12(21)10-25-13(22)9-11-6-4-5-7-11/h4,6,11H,3,5,7-10,18H2,1-2H3/t11-/m0/s1. The number of ether oxygens (including phenoxy) is 1. The lowest BCUT2D eigenvalue weighted by atomic mass is 10.1. The van der Waals surface area contributed by atoms with Crippen LogP contribution in [0.3, 0.4) is 0 Å². The highest BCUT2D eigenvalue weighted by Gasteiger charge is 2.23. The van der Waals surface area contributed by atoms with Crippen molar-refractivity contribution in [3.8, 4) is 0 Å². The lowest BCUT2D eigenvalue weighted by Crippen LogP contribution is -2.43. The van der Waals surface area contributed by atoms with E-state index in [0.29, 0.717) is 6.42 Å². The number of hydrogen-bond acceptors (Lipinski definition) is 6. The van der Waals surface area contributed by atoms with Gasteiger partial charge in [-0.15, -0.1) is 0 Å². The van der Waals surface area contributed by atoms with Crippen LogP contribution in [-0.2, 0) is 23.1 Å². The molecular formula is C17H23N3O5. The predicted octanol–water partition coefficient (Wildman–Crippen LogP) is 0.621. The third-order valence-corrected chi connectivity index (χ3v) is 4.21. The van der Waals surface area contributed by atoms with Gasteiger partial charge in [0.05, 0.1) is 6.42 Å². The number of carbonyl (C=O) groups excluding carboxylic acids is 2. The Bertz CT molecular complexity index is 819. The van der Waals surface area contributed by atoms with Gasteiger partial charge in [-0.3, -0.25) is 23.5 Å². The molecule has 0 saturated carbocycles. The summed E-state index contributed by atoms with van der Waals surface area (Å²) in [5.41, 5.74) is 4.18. The molecule has 0 unspecified atom stereocenters. The molecule has 25 heavy (non-hydrogen) atoms. The Kier molecular flexibility index (Phi) is 5.95. The van der Waals surface area contributed by atoms with Crippen LogP contribution in [0.15, 0.2) is 21.7 Å². The first kappa shape index (κ1) is 18.7. The molecule has 8 nitrogen and oxygen atoms in total. The van der Waals surface area contributed by atoms with Crippen molar-refractivity contribution in [3.63, 3.8) is 0 Å². The zero-order valence-electron chi connectivity index (χ0n) is 14.5. The fourth-order valence-corrected chi connectivity index (χ4v) is 2.84. The normalized spacial score (nSPS) is 16.2. The molecule has 1 aliphatic carbocycles. The number of aromatic nitrogens is 2. The Hall–Kier alpha value is -2.64. The summed E-state index contributed by atoms with van der Waals surface area (Å²) in [7, 11) is 1.28. The summed E-state index contributed by atoms with van der Waals surface area (Å²) >= 11 is 0. The van der Waals surface area contributed by atoms with Crippen LogP contribution in [0.1, 0.15) is 43.0 Å². The van der Waals surface area contributed by atoms with Gasteiger partial charge in [0.25, 0.3) is 5.56 Å². The van der Waals surface area contributed by atoms with E-state index in [9.17, 15) is 19.2 Å². The number of nitrogens with two attached hydrogens (primary N) is 1. The van der Waals surface area contributed by atoms with Crippen molar-refractivity contribution in [2.75, 3.05) is 12.3 Å². The Morgan fingerprint density at radius 1 is 1.36 bits per heavy atom. The van der Waals surface area contributed by atoms with E-state index in [0.717, 1.165) is 17.4 Å². The van der Waals surface area contributed by atoms with E-state index >= 15 is 0 Å². The number of allylic oxidation sites excluding steroid dienone is 2. The maximum absolute atomic E-state index is 12.3. The van der Waals surface area contributed by atoms with Crippen molar-refractivity contribution < 1.29 is 14.3 Å². The lowest BCUT2D eigenvalue weighted by Gasteiger charge is -2.14. The number of esters is 1. The molecular weight excluding hydrogens is 326 g/mol. The van der Waals surface area contributed by atoms with Crippen LogP contribution in [-0.4, -0.2) is 27.5 Å². The van der Waals surface area contributed by atoms with E-state index in [-0.39, 0.29) is 30.3 Å². The zero-order valence-corrected chi connectivity index (χ0v) is 14.5. The van der Waals surface area contributed by atoms with E-state index in [1.807, 2.05) is 19.1 Å². The molecule has 0 saturated heterocycles. The van der Waals surface area contributed by atoms with Crippen LogP contribution in [0.25, 0.3) is 0 Å². The van der Waals surface area contributed by atoms with Gasteiger partial charge in [0, 0.05) is 13.6 Å². The molecule has 2 N–H and O–H groups in total. The van der Waals surface area contributed by atoms with Crippen LogP contribution in [0.2, 0.25) is 0 Å². The number of Topliss-reactive ketones (excluding diaryl/α,β-unsaturated/α-hetero) is 1. The SMILES string of the molecule is CCCn1c(N)c(C(=O)COC(=O)C[C@H]2C=CCC2)c(=O)n(C)c1=O. The molecule has 0 fully saturated rings. The van der Waals surface area contributed by atoms with Gasteiger partial charge < -0.3 is 10.5 Å². The average molecular weight is 349 g/mol. The molecule has 0 radical (unpaired) electrons. The molecule has 0 aliphatic heterocycles. The zero-order chi connectivity index (χ0) is 18.6. The Morgan fingerprint density at radius 2 is 2.08 bits per heavy atom. The minimum absolute atomic E-state index is 0.131. The second-order valence-corrected chi connectivity index (χ2v) is 6.11. The molecule has 1 aromatic heterocycles. The van der Waals surface area contributed by atoms with Gasteiger partial charge in [-0.2, -0.15) is 0 Å². The van der Waals surface area contributed by atoms with Crippen LogP contribution >= 0.6 is 0 Å². The number of nitrogens with zero attached hydrogens (tertiary/aromatic N) is 2. The van der Waals surface area contributed by atoms with Crippen molar-refractivity contribution in [1.82, 2.24) is 9.13 Å². The largest absolute Gasteiger partial charge is 0.457 e. The first-order chi connectivity index (χ1) is 11.9. The van der Waals surface area contributed by atoms with Crippen LogP contribution in [0.4, 0.5) is 5.82 Å². The summed E-state index contributed by atoms with van der Waals surface area (Å²) in [6.45, 7) is 1.56. The topological polar surface area (TPSA) is 113 Å². The molecule has 0 amide bonds. The molecule has 0 aromatic carbocycles. The average Bonchev–Trinajstić information content (AvgIpc) is 3.08. The molecule has 0 spiro atoms. The van der Waals surface area contributed by atoms with Crippen LogP contribution in [0.5, 0.6) is 0 Å². The summed E-state index contributed by atoms with van der Waals surface area (Å²) < 4.78 is 7.00. The van der Waals surface area contributed by atoms with Gasteiger partial charge >= 0.3 is 11.7 Å². The summed E-state index contributed by atoms with van der Waals surface area (Å²) in [5, 5.41) is 0. The van der Waals surface area contributed by atoms with Crippen molar-refractivity contribution in [1.29, 1.82) is 0 Å². The van der Waals surface area contributed by atoms with Crippen LogP contribution in [0, 0.1) is 5.92 Å². The van der Waals surface area contributed by atoms with Gasteiger partial charge in [-0.1, -0.05) is 19.1 Å². The van der Waals surface area contributed by atoms with E-state index in [2.05, 4.69) is 0 Å². The lowest BCUT2D eigenvalue weighted by molar-refractivity contribution is -0.143. The van der Waals surface area contributed by atoms with Crippen molar-refractivity contribution in [2.24, 2.45) is 13.0 Å². The van der Waals surface area contributed by atoms with Gasteiger partial charge in [-0.25, -0.2) is 4.79 Å². The van der Waals surface area contributed by atoms with Crippen molar-refractivity contribution in [3.05, 3.63) is 38.6 Å². The quantitative estimate of drug-likeness (QED) is 0.439. The van der Waals surface area contributed by atoms with Crippen LogP contribution < -0.4 is 17.0 Å². The predicted molar refractivity (Wildman–Crippen MR) is 92.4 cm³/mol. The fourth-order valence-electron chi connectivity index (χ4n) is 2.84. The molecule has 1 aromatic rings. The minimum Gasteiger partial charge on any atom is -0.457 e. The molecule has 0 bridgehead atoms. The highest BCUT2D eigenvalue weighted by Crippen LogP contribution is 2.20. The Labute approximate surface area is 144 Å². The van der Waals surface area contributed by atoms with Gasteiger partial charge in [0.1, 0.15) is 11.4 Å². The summed E-state index contributed by atoms with van der Waals surface area (Å²) in [6.07, 6.45) is 6.59. The number of rotatable bonds is 7. The summed E-state index contributed by atoms with van der Waals surface area (Å²) in [5.74, 6) is -1.26. The summed E-state index contributed by atoms with van der Waals surface area (Å²) in [6, 6.07) is 0. The third-order valence-electron chi connectivity index (χ3n) is 4.21. The maximum Gasteiger partial charge on any atom is 0.332 e. The van der Waals surface area contributed by atoms with E-state index in [1.54, 1.807) is 0 Å². The molecule has 2 rings (SSSR count). The minimum atomic E-state index is -0.783. The number of carbonyl (C=O) groups is 2. The Morgan fingerprint density at radius 3 is 2.68 bits per heavy atom. The monoisotopic (exact) mass is 349 g/mol. The van der Waals surface area contributed by atoms with Crippen molar-refractivity contribution >= 4 is 17.6 Å². The van der Waals surface area contributed by atoms with Gasteiger partial charge in [0.15, 0.2) is 6.61 Å². The Balaban J connectivity index is 2.15.